The van der Waals surface area contributed by atoms with Gasteiger partial charge in [0.25, 0.3) is 0 Å². The van der Waals surface area contributed by atoms with Crippen molar-refractivity contribution >= 4 is 31.9 Å². The molecule has 0 aromatic rings. The van der Waals surface area contributed by atoms with Crippen LogP contribution >= 0.6 is 23.5 Å². The predicted molar refractivity (Wildman–Crippen MR) is 56.3 cm³/mol. The third kappa shape index (κ3) is 26800. The summed E-state index contributed by atoms with van der Waals surface area (Å²) in [4.78, 5) is 64.7. The molecule has 0 fully saturated rings. The second-order valence-corrected chi connectivity index (χ2v) is 4.62. The van der Waals surface area contributed by atoms with Crippen LogP contribution in [0.3, 0.4) is 0 Å². The van der Waals surface area contributed by atoms with E-state index in [1.165, 1.54) is 0 Å². The molecule has 17 heteroatoms. The van der Waals surface area contributed by atoms with Gasteiger partial charge in [0.2, 0.25) is 0 Å². The summed E-state index contributed by atoms with van der Waals surface area (Å²) >= 11 is 0. The SMILES string of the molecule is B.O.O=P(O)(O)O.O=P(O)(O)O.O=P(O)(O)O. The van der Waals surface area contributed by atoms with Crippen molar-refractivity contribution in [2.75, 3.05) is 0 Å². The first-order valence-corrected chi connectivity index (χ1v) is 7.04. The number of hydrogen-bond donors (Lipinski definition) is 9. The van der Waals surface area contributed by atoms with Gasteiger partial charge in [-0.05, 0) is 0 Å². The maximum Gasteiger partial charge on any atom is 0.466 e. The van der Waals surface area contributed by atoms with Crippen molar-refractivity contribution in [2.45, 2.75) is 0 Å². The number of rotatable bonds is 0. The Morgan fingerprint density at radius 2 is 0.471 bits per heavy atom. The van der Waals surface area contributed by atoms with E-state index in [0.717, 1.165) is 0 Å². The summed E-state index contributed by atoms with van der Waals surface area (Å²) in [7, 11) is -13.9. The standard InChI is InChI=1S/BH3.3H3O4P.H2O/c;3*1-5(2,3)4;/h1H3;3*(H3,1,2,3,4);1H2. The Morgan fingerprint density at radius 1 is 0.471 bits per heavy atom. The molecule has 0 saturated carbocycles. The molecule has 0 rings (SSSR count). The van der Waals surface area contributed by atoms with Crippen LogP contribution in [0.15, 0.2) is 0 Å². The summed E-state index contributed by atoms with van der Waals surface area (Å²) in [5.74, 6) is 0. The van der Waals surface area contributed by atoms with Gasteiger partial charge in [-0.3, -0.25) is 0 Å². The van der Waals surface area contributed by atoms with Crippen LogP contribution in [0.4, 0.5) is 0 Å². The molecule has 0 radical (unpaired) electrons. The van der Waals surface area contributed by atoms with E-state index in [1.54, 1.807) is 0 Å². The zero-order valence-electron chi connectivity index (χ0n) is 7.09. The molecule has 110 valence electrons. The van der Waals surface area contributed by atoms with E-state index in [4.69, 9.17) is 57.7 Å². The third-order valence-electron chi connectivity index (χ3n) is 0. The predicted octanol–water partition coefficient (Wildman–Crippen LogP) is -4.79. The molecule has 0 saturated heterocycles. The van der Waals surface area contributed by atoms with Crippen LogP contribution < -0.4 is 0 Å². The summed E-state index contributed by atoms with van der Waals surface area (Å²) < 4.78 is 26.6. The van der Waals surface area contributed by atoms with Crippen molar-refractivity contribution in [3.63, 3.8) is 0 Å². The molecule has 0 aromatic heterocycles. The van der Waals surface area contributed by atoms with Crippen LogP contribution in [0, 0.1) is 0 Å². The molecule has 13 nitrogen and oxygen atoms in total. The van der Waals surface area contributed by atoms with E-state index in [2.05, 4.69) is 0 Å². The van der Waals surface area contributed by atoms with Crippen LogP contribution in [0.25, 0.3) is 0 Å². The molecule has 0 atom stereocenters. The van der Waals surface area contributed by atoms with E-state index < -0.39 is 23.5 Å². The highest BCUT2D eigenvalue weighted by molar-refractivity contribution is 7.45. The van der Waals surface area contributed by atoms with E-state index in [9.17, 15) is 0 Å². The highest BCUT2D eigenvalue weighted by Crippen LogP contribution is 2.26. The normalized spacial score (nSPS) is 10.4. The average molecular weight is 326 g/mol. The Balaban J connectivity index is -0.0000000400. The van der Waals surface area contributed by atoms with Crippen LogP contribution in [0.5, 0.6) is 0 Å². The molecule has 0 amide bonds. The fourth-order valence-corrected chi connectivity index (χ4v) is 0. The Kier molecular flexibility index (Phi) is 20.5. The first-order valence-electron chi connectivity index (χ1n) is 2.35. The van der Waals surface area contributed by atoms with Gasteiger partial charge >= 0.3 is 23.5 Å². The van der Waals surface area contributed by atoms with Gasteiger partial charge in [0, 0.05) is 0 Å². The molecule has 0 aliphatic heterocycles. The van der Waals surface area contributed by atoms with Gasteiger partial charge < -0.3 is 49.5 Å². The topological polar surface area (TPSA) is 265 Å². The van der Waals surface area contributed by atoms with Gasteiger partial charge in [0.05, 0.1) is 8.41 Å². The molecule has 0 unspecified atom stereocenters. The molecule has 0 spiro atoms. The van der Waals surface area contributed by atoms with E-state index in [-0.39, 0.29) is 13.9 Å². The lowest BCUT2D eigenvalue weighted by Gasteiger charge is -1.82. The lowest BCUT2D eigenvalue weighted by Crippen LogP contribution is -1.66. The van der Waals surface area contributed by atoms with Gasteiger partial charge in [0.1, 0.15) is 0 Å². The van der Waals surface area contributed by atoms with Crippen LogP contribution in [0.1, 0.15) is 0 Å². The average Bonchev–Trinajstić information content (AvgIpc) is 1.41. The Morgan fingerprint density at radius 3 is 0.471 bits per heavy atom. The minimum absolute atomic E-state index is 0. The number of phosphoric acid groups is 3. The van der Waals surface area contributed by atoms with Crippen molar-refractivity contribution in [3.8, 4) is 0 Å². The highest BCUT2D eigenvalue weighted by Gasteiger charge is 2.01. The van der Waals surface area contributed by atoms with Gasteiger partial charge in [-0.15, -0.1) is 0 Å². The fraction of sp³-hybridized carbons (Fsp3) is 0. The maximum atomic E-state index is 8.88. The van der Waals surface area contributed by atoms with E-state index >= 15 is 0 Å². The quantitative estimate of drug-likeness (QED) is 0.150. The molecule has 0 bridgehead atoms. The molecular formula is H14BO13P3. The van der Waals surface area contributed by atoms with Crippen molar-refractivity contribution in [3.05, 3.63) is 0 Å². The van der Waals surface area contributed by atoms with Crippen LogP contribution in [0.2, 0.25) is 0 Å². The smallest absolute Gasteiger partial charge is 0.412 e. The highest BCUT2D eigenvalue weighted by atomic mass is 31.2. The summed E-state index contributed by atoms with van der Waals surface area (Å²) in [6.45, 7) is 0. The van der Waals surface area contributed by atoms with Crippen LogP contribution in [-0.2, 0) is 13.7 Å². The molecule has 11 N–H and O–H groups in total. The first kappa shape index (κ1) is 30.4. The Labute approximate surface area is 96.0 Å². The zero-order chi connectivity index (χ0) is 13.5. The van der Waals surface area contributed by atoms with E-state index in [0.29, 0.717) is 0 Å². The molecule has 17 heavy (non-hydrogen) atoms. The van der Waals surface area contributed by atoms with Gasteiger partial charge in [0.15, 0.2) is 0 Å². The third-order valence-corrected chi connectivity index (χ3v) is 0. The summed E-state index contributed by atoms with van der Waals surface area (Å²) in [5, 5.41) is 0. The zero-order valence-corrected chi connectivity index (χ0v) is 9.77. The van der Waals surface area contributed by atoms with Crippen molar-refractivity contribution in [1.82, 2.24) is 0 Å². The minimum atomic E-state index is -4.64. The summed E-state index contributed by atoms with van der Waals surface area (Å²) in [5.41, 5.74) is 0. The molecule has 0 aliphatic rings. The fourth-order valence-electron chi connectivity index (χ4n) is 0. The maximum absolute atomic E-state index is 8.88. The van der Waals surface area contributed by atoms with E-state index in [1.807, 2.05) is 0 Å². The van der Waals surface area contributed by atoms with Crippen molar-refractivity contribution < 1.29 is 63.2 Å². The Hall–Kier alpha value is 0.355. The number of hydrogen-bond acceptors (Lipinski definition) is 3. The van der Waals surface area contributed by atoms with Crippen molar-refractivity contribution in [2.24, 2.45) is 0 Å². The van der Waals surface area contributed by atoms with Gasteiger partial charge in [-0.25, -0.2) is 13.7 Å². The summed E-state index contributed by atoms with van der Waals surface area (Å²) in [6, 6.07) is 0. The minimum Gasteiger partial charge on any atom is -0.412 e. The molecule has 0 heterocycles. The second kappa shape index (κ2) is 11.4. The second-order valence-electron chi connectivity index (χ2n) is 1.54. The summed E-state index contributed by atoms with van der Waals surface area (Å²) in [6.07, 6.45) is 0. The monoisotopic (exact) mass is 326 g/mol. The lowest BCUT2D eigenvalue weighted by atomic mass is 10.8. The largest absolute Gasteiger partial charge is 0.466 e. The van der Waals surface area contributed by atoms with Gasteiger partial charge in [-0.1, -0.05) is 0 Å². The first-order chi connectivity index (χ1) is 6.00. The molecule has 0 aliphatic carbocycles. The van der Waals surface area contributed by atoms with Crippen molar-refractivity contribution in [1.29, 1.82) is 0 Å². The molecular weight excluding hydrogens is 312 g/mol. The van der Waals surface area contributed by atoms with Gasteiger partial charge in [-0.2, -0.15) is 0 Å². The molecule has 0 aromatic carbocycles. The lowest BCUT2D eigenvalue weighted by molar-refractivity contribution is 0.272. The van der Waals surface area contributed by atoms with Crippen LogP contribution in [-0.4, -0.2) is 57.9 Å². The Bertz CT molecular complexity index is 203.